The first kappa shape index (κ1) is 12.9. The highest BCUT2D eigenvalue weighted by Crippen LogP contribution is 2.20. The Bertz CT molecular complexity index is 551. The van der Waals surface area contributed by atoms with E-state index in [1.54, 1.807) is 6.07 Å². The van der Waals surface area contributed by atoms with Gasteiger partial charge >= 0.3 is 0 Å². The lowest BCUT2D eigenvalue weighted by Crippen LogP contribution is -2.08. The molecule has 0 saturated heterocycles. The number of halogens is 2. The maximum absolute atomic E-state index is 13.5. The molecule has 96 valence electrons. The van der Waals surface area contributed by atoms with Crippen molar-refractivity contribution in [3.8, 4) is 0 Å². The first-order chi connectivity index (χ1) is 8.60. The molecule has 1 aromatic carbocycles. The second-order valence-corrected chi connectivity index (χ2v) is 4.51. The summed E-state index contributed by atoms with van der Waals surface area (Å²) in [5.41, 5.74) is 2.39. The van der Waals surface area contributed by atoms with Gasteiger partial charge in [-0.2, -0.15) is 5.10 Å². The van der Waals surface area contributed by atoms with Crippen molar-refractivity contribution in [2.24, 2.45) is 0 Å². The molecule has 0 aliphatic carbocycles. The Morgan fingerprint density at radius 3 is 2.89 bits per heavy atom. The van der Waals surface area contributed by atoms with Crippen LogP contribution in [0.5, 0.6) is 0 Å². The molecule has 1 heterocycles. The average molecular weight is 268 g/mol. The molecule has 18 heavy (non-hydrogen) atoms. The van der Waals surface area contributed by atoms with E-state index in [9.17, 15) is 4.39 Å². The van der Waals surface area contributed by atoms with Crippen LogP contribution in [-0.2, 0) is 13.1 Å². The SMILES string of the molecule is CCn1nc(C)cc1CNc1cc(Cl)ccc1F. The number of aromatic nitrogens is 2. The molecule has 0 bridgehead atoms. The summed E-state index contributed by atoms with van der Waals surface area (Å²) in [4.78, 5) is 0. The molecule has 0 aliphatic rings. The molecule has 0 amide bonds. The zero-order valence-electron chi connectivity index (χ0n) is 10.4. The Balaban J connectivity index is 2.13. The average Bonchev–Trinajstić information content (AvgIpc) is 2.71. The van der Waals surface area contributed by atoms with Crippen LogP contribution in [0.2, 0.25) is 5.02 Å². The van der Waals surface area contributed by atoms with E-state index in [1.807, 2.05) is 24.6 Å². The number of benzene rings is 1. The minimum atomic E-state index is -0.307. The third kappa shape index (κ3) is 2.82. The number of anilines is 1. The van der Waals surface area contributed by atoms with Gasteiger partial charge in [-0.3, -0.25) is 4.68 Å². The summed E-state index contributed by atoms with van der Waals surface area (Å²) >= 11 is 5.84. The zero-order valence-corrected chi connectivity index (χ0v) is 11.1. The summed E-state index contributed by atoms with van der Waals surface area (Å²) in [6.07, 6.45) is 0. The maximum atomic E-state index is 13.5. The Kier molecular flexibility index (Phi) is 3.87. The number of hydrogen-bond donors (Lipinski definition) is 1. The summed E-state index contributed by atoms with van der Waals surface area (Å²) in [6, 6.07) is 6.45. The summed E-state index contributed by atoms with van der Waals surface area (Å²) in [7, 11) is 0. The van der Waals surface area contributed by atoms with Gasteiger partial charge in [-0.05, 0) is 38.1 Å². The molecule has 1 aromatic heterocycles. The largest absolute Gasteiger partial charge is 0.377 e. The van der Waals surface area contributed by atoms with Crippen molar-refractivity contribution in [1.29, 1.82) is 0 Å². The van der Waals surface area contributed by atoms with Crippen LogP contribution in [-0.4, -0.2) is 9.78 Å². The van der Waals surface area contributed by atoms with Gasteiger partial charge in [-0.25, -0.2) is 4.39 Å². The van der Waals surface area contributed by atoms with Gasteiger partial charge in [-0.15, -0.1) is 0 Å². The van der Waals surface area contributed by atoms with Crippen molar-refractivity contribution in [3.63, 3.8) is 0 Å². The van der Waals surface area contributed by atoms with Crippen LogP contribution < -0.4 is 5.32 Å². The van der Waals surface area contributed by atoms with Crippen molar-refractivity contribution in [2.75, 3.05) is 5.32 Å². The topological polar surface area (TPSA) is 29.9 Å². The van der Waals surface area contributed by atoms with Gasteiger partial charge < -0.3 is 5.32 Å². The molecule has 0 spiro atoms. The first-order valence-corrected chi connectivity index (χ1v) is 6.20. The van der Waals surface area contributed by atoms with Crippen LogP contribution in [0.3, 0.4) is 0 Å². The number of aryl methyl sites for hydroxylation is 2. The van der Waals surface area contributed by atoms with Crippen LogP contribution in [0, 0.1) is 12.7 Å². The molecule has 0 radical (unpaired) electrons. The predicted molar refractivity (Wildman–Crippen MR) is 71.4 cm³/mol. The van der Waals surface area contributed by atoms with Crippen LogP contribution in [0.1, 0.15) is 18.3 Å². The molecule has 3 nitrogen and oxygen atoms in total. The maximum Gasteiger partial charge on any atom is 0.146 e. The second kappa shape index (κ2) is 5.40. The molecule has 2 aromatic rings. The summed E-state index contributed by atoms with van der Waals surface area (Å²) < 4.78 is 15.4. The number of hydrogen-bond acceptors (Lipinski definition) is 2. The lowest BCUT2D eigenvalue weighted by Gasteiger charge is -2.09. The lowest BCUT2D eigenvalue weighted by atomic mass is 10.3. The molecule has 2 rings (SSSR count). The van der Waals surface area contributed by atoms with Crippen molar-refractivity contribution >= 4 is 17.3 Å². The van der Waals surface area contributed by atoms with Gasteiger partial charge in [0.15, 0.2) is 0 Å². The van der Waals surface area contributed by atoms with Gasteiger partial charge in [-0.1, -0.05) is 11.6 Å². The van der Waals surface area contributed by atoms with Crippen LogP contribution >= 0.6 is 11.6 Å². The third-order valence-electron chi connectivity index (χ3n) is 2.67. The van der Waals surface area contributed by atoms with Gasteiger partial charge in [0.1, 0.15) is 5.82 Å². The number of nitrogens with one attached hydrogen (secondary N) is 1. The molecule has 0 saturated carbocycles. The fraction of sp³-hybridized carbons (Fsp3) is 0.308. The van der Waals surface area contributed by atoms with E-state index < -0.39 is 0 Å². The van der Waals surface area contributed by atoms with Crippen LogP contribution in [0.4, 0.5) is 10.1 Å². The lowest BCUT2D eigenvalue weighted by molar-refractivity contribution is 0.616. The number of nitrogens with zero attached hydrogens (tertiary/aromatic N) is 2. The standard InChI is InChI=1S/C13H15ClFN3/c1-3-18-11(6-9(2)17-18)8-16-13-7-10(14)4-5-12(13)15/h4-7,16H,3,8H2,1-2H3. The molecule has 0 fully saturated rings. The van der Waals surface area contributed by atoms with Crippen molar-refractivity contribution in [3.05, 3.63) is 46.5 Å². The molecule has 5 heteroatoms. The normalized spacial score (nSPS) is 10.7. The van der Waals surface area contributed by atoms with E-state index >= 15 is 0 Å². The van der Waals surface area contributed by atoms with Crippen molar-refractivity contribution < 1.29 is 4.39 Å². The third-order valence-corrected chi connectivity index (χ3v) is 2.91. The molecular weight excluding hydrogens is 253 g/mol. The Labute approximate surface area is 111 Å². The number of rotatable bonds is 4. The van der Waals surface area contributed by atoms with Gasteiger partial charge in [0.05, 0.1) is 23.6 Å². The fourth-order valence-electron chi connectivity index (χ4n) is 1.83. The minimum Gasteiger partial charge on any atom is -0.377 e. The van der Waals surface area contributed by atoms with Gasteiger partial charge in [0, 0.05) is 11.6 Å². The van der Waals surface area contributed by atoms with E-state index in [0.717, 1.165) is 17.9 Å². The molecule has 1 N–H and O–H groups in total. The summed E-state index contributed by atoms with van der Waals surface area (Å²) in [5, 5.41) is 7.89. The fourth-order valence-corrected chi connectivity index (χ4v) is 2.01. The second-order valence-electron chi connectivity index (χ2n) is 4.07. The summed E-state index contributed by atoms with van der Waals surface area (Å²) in [6.45, 7) is 5.28. The molecule has 0 unspecified atom stereocenters. The van der Waals surface area contributed by atoms with Crippen LogP contribution in [0.15, 0.2) is 24.3 Å². The molecule has 0 atom stereocenters. The highest BCUT2D eigenvalue weighted by molar-refractivity contribution is 6.30. The van der Waals surface area contributed by atoms with Crippen molar-refractivity contribution in [1.82, 2.24) is 9.78 Å². The van der Waals surface area contributed by atoms with E-state index in [2.05, 4.69) is 10.4 Å². The Morgan fingerprint density at radius 1 is 1.39 bits per heavy atom. The monoisotopic (exact) mass is 267 g/mol. The zero-order chi connectivity index (χ0) is 13.1. The highest BCUT2D eigenvalue weighted by Gasteiger charge is 2.06. The van der Waals surface area contributed by atoms with Gasteiger partial charge in [0.25, 0.3) is 0 Å². The molecule has 0 aliphatic heterocycles. The smallest absolute Gasteiger partial charge is 0.146 e. The highest BCUT2D eigenvalue weighted by atomic mass is 35.5. The van der Waals surface area contributed by atoms with Crippen LogP contribution in [0.25, 0.3) is 0 Å². The minimum absolute atomic E-state index is 0.307. The van der Waals surface area contributed by atoms with Crippen molar-refractivity contribution in [2.45, 2.75) is 26.9 Å². The Morgan fingerprint density at radius 2 is 2.17 bits per heavy atom. The van der Waals surface area contributed by atoms with E-state index in [0.29, 0.717) is 17.3 Å². The predicted octanol–water partition coefficient (Wildman–Crippen LogP) is 3.62. The van der Waals surface area contributed by atoms with Gasteiger partial charge in [0.2, 0.25) is 0 Å². The quantitative estimate of drug-likeness (QED) is 0.917. The first-order valence-electron chi connectivity index (χ1n) is 5.82. The molecular formula is C13H15ClFN3. The summed E-state index contributed by atoms with van der Waals surface area (Å²) in [5.74, 6) is -0.307. The van der Waals surface area contributed by atoms with E-state index in [4.69, 9.17) is 11.6 Å². The Hall–Kier alpha value is -1.55. The van der Waals surface area contributed by atoms with E-state index in [1.165, 1.54) is 12.1 Å². The van der Waals surface area contributed by atoms with E-state index in [-0.39, 0.29) is 5.82 Å².